The van der Waals surface area contributed by atoms with Crippen LogP contribution >= 0.6 is 0 Å². The molecule has 1 aromatic carbocycles. The van der Waals surface area contributed by atoms with Crippen LogP contribution in [-0.4, -0.2) is 69.2 Å². The lowest BCUT2D eigenvalue weighted by atomic mass is 9.91. The fourth-order valence-corrected chi connectivity index (χ4v) is 3.87. The molecule has 2 aromatic rings. The van der Waals surface area contributed by atoms with Crippen LogP contribution in [0.2, 0.25) is 0 Å². The van der Waals surface area contributed by atoms with Crippen molar-refractivity contribution in [1.82, 2.24) is 9.80 Å². The van der Waals surface area contributed by atoms with Gasteiger partial charge in [-0.05, 0) is 55.0 Å². The van der Waals surface area contributed by atoms with Crippen LogP contribution in [0.3, 0.4) is 0 Å². The Labute approximate surface area is 215 Å². The predicted molar refractivity (Wildman–Crippen MR) is 139 cm³/mol. The van der Waals surface area contributed by atoms with Crippen LogP contribution in [0.15, 0.2) is 34.7 Å². The summed E-state index contributed by atoms with van der Waals surface area (Å²) < 4.78 is 21.7. The quantitative estimate of drug-likeness (QED) is 0.355. The second-order valence-corrected chi connectivity index (χ2v) is 10.2. The SMILES string of the molecule is COCCCN(CC(=O)N(CCc1ccc(OC)c(OC)c1)Cc1ccc(C)o1)C(=O)CC(C)(C)C. The van der Waals surface area contributed by atoms with Crippen molar-refractivity contribution >= 4 is 11.8 Å². The molecule has 0 atom stereocenters. The molecule has 1 aromatic heterocycles. The molecule has 1 heterocycles. The van der Waals surface area contributed by atoms with Crippen molar-refractivity contribution in [3.8, 4) is 11.5 Å². The number of benzene rings is 1. The van der Waals surface area contributed by atoms with Gasteiger partial charge in [-0.1, -0.05) is 26.8 Å². The van der Waals surface area contributed by atoms with Crippen LogP contribution in [0.1, 0.15) is 50.7 Å². The summed E-state index contributed by atoms with van der Waals surface area (Å²) in [6.07, 6.45) is 1.66. The first-order chi connectivity index (χ1) is 17.1. The summed E-state index contributed by atoms with van der Waals surface area (Å²) in [5.41, 5.74) is 0.847. The third kappa shape index (κ3) is 9.57. The summed E-state index contributed by atoms with van der Waals surface area (Å²) in [6, 6.07) is 9.51. The average molecular weight is 503 g/mol. The molecule has 2 rings (SSSR count). The van der Waals surface area contributed by atoms with Gasteiger partial charge < -0.3 is 28.4 Å². The van der Waals surface area contributed by atoms with Gasteiger partial charge in [-0.3, -0.25) is 9.59 Å². The highest BCUT2D eigenvalue weighted by Gasteiger charge is 2.25. The summed E-state index contributed by atoms with van der Waals surface area (Å²) in [5, 5.41) is 0. The third-order valence-electron chi connectivity index (χ3n) is 5.75. The highest BCUT2D eigenvalue weighted by atomic mass is 16.5. The van der Waals surface area contributed by atoms with E-state index in [4.69, 9.17) is 18.6 Å². The predicted octanol–water partition coefficient (Wildman–Crippen LogP) is 4.48. The highest BCUT2D eigenvalue weighted by Crippen LogP contribution is 2.28. The standard InChI is InChI=1S/C28H42N2O6/c1-21-9-11-23(36-21)19-30(15-13-22-10-12-24(34-6)25(17-22)35-7)27(32)20-29(14-8-16-33-5)26(31)18-28(2,3)4/h9-12,17H,8,13-16,18-20H2,1-7H3. The molecular weight excluding hydrogens is 460 g/mol. The Balaban J connectivity index is 2.19. The minimum Gasteiger partial charge on any atom is -0.493 e. The molecular formula is C28H42N2O6. The number of ether oxygens (including phenoxy) is 3. The molecule has 0 saturated carbocycles. The first-order valence-electron chi connectivity index (χ1n) is 12.4. The second kappa shape index (κ2) is 13.9. The van der Waals surface area contributed by atoms with Gasteiger partial charge in [-0.15, -0.1) is 0 Å². The zero-order chi connectivity index (χ0) is 26.7. The number of furan rings is 1. The van der Waals surface area contributed by atoms with E-state index in [2.05, 4.69) is 0 Å². The van der Waals surface area contributed by atoms with Crippen molar-refractivity contribution < 1.29 is 28.2 Å². The lowest BCUT2D eigenvalue weighted by Crippen LogP contribution is -2.44. The number of carbonyl (C=O) groups excluding carboxylic acids is 2. The molecule has 8 heteroatoms. The third-order valence-corrected chi connectivity index (χ3v) is 5.75. The van der Waals surface area contributed by atoms with Gasteiger partial charge in [0.25, 0.3) is 0 Å². The van der Waals surface area contributed by atoms with Crippen molar-refractivity contribution in [2.24, 2.45) is 5.41 Å². The van der Waals surface area contributed by atoms with Crippen molar-refractivity contribution in [2.75, 3.05) is 47.6 Å². The lowest BCUT2D eigenvalue weighted by molar-refractivity contribution is -0.142. The summed E-state index contributed by atoms with van der Waals surface area (Å²) in [5.74, 6) is 2.65. The first-order valence-corrected chi connectivity index (χ1v) is 12.4. The maximum atomic E-state index is 13.5. The van der Waals surface area contributed by atoms with Crippen LogP contribution in [0.25, 0.3) is 0 Å². The molecule has 0 spiro atoms. The number of hydrogen-bond donors (Lipinski definition) is 0. The highest BCUT2D eigenvalue weighted by molar-refractivity contribution is 5.85. The van der Waals surface area contributed by atoms with Gasteiger partial charge >= 0.3 is 0 Å². The molecule has 0 saturated heterocycles. The number of methoxy groups -OCH3 is 3. The number of hydrogen-bond acceptors (Lipinski definition) is 6. The van der Waals surface area contributed by atoms with E-state index in [1.165, 1.54) is 0 Å². The second-order valence-electron chi connectivity index (χ2n) is 10.2. The van der Waals surface area contributed by atoms with Crippen molar-refractivity contribution in [3.05, 3.63) is 47.4 Å². The molecule has 200 valence electrons. The maximum absolute atomic E-state index is 13.5. The van der Waals surface area contributed by atoms with Crippen LogP contribution in [-0.2, 0) is 27.3 Å². The fraction of sp³-hybridized carbons (Fsp3) is 0.571. The topological polar surface area (TPSA) is 81.5 Å². The van der Waals surface area contributed by atoms with Gasteiger partial charge in [0.1, 0.15) is 11.5 Å². The van der Waals surface area contributed by atoms with Crippen LogP contribution in [0, 0.1) is 12.3 Å². The van der Waals surface area contributed by atoms with E-state index in [0.717, 1.165) is 11.3 Å². The van der Waals surface area contributed by atoms with Gasteiger partial charge in [0.05, 0.1) is 27.3 Å². The number of amides is 2. The van der Waals surface area contributed by atoms with Crippen molar-refractivity contribution in [3.63, 3.8) is 0 Å². The van der Waals surface area contributed by atoms with Crippen LogP contribution < -0.4 is 9.47 Å². The van der Waals surface area contributed by atoms with Gasteiger partial charge in [0.2, 0.25) is 11.8 Å². The van der Waals surface area contributed by atoms with Gasteiger partial charge in [0, 0.05) is 33.2 Å². The lowest BCUT2D eigenvalue weighted by Gasteiger charge is -2.29. The molecule has 0 N–H and O–H groups in total. The summed E-state index contributed by atoms with van der Waals surface area (Å²) in [4.78, 5) is 30.0. The molecule has 0 aliphatic heterocycles. The van der Waals surface area contributed by atoms with E-state index in [1.807, 2.05) is 58.0 Å². The molecule has 0 aliphatic carbocycles. The molecule has 0 unspecified atom stereocenters. The largest absolute Gasteiger partial charge is 0.493 e. The first kappa shape index (κ1) is 29.2. The zero-order valence-electron chi connectivity index (χ0n) is 22.9. The monoisotopic (exact) mass is 502 g/mol. The van der Waals surface area contributed by atoms with E-state index >= 15 is 0 Å². The normalized spacial score (nSPS) is 11.3. The Morgan fingerprint density at radius 3 is 2.22 bits per heavy atom. The molecule has 2 amide bonds. The Bertz CT molecular complexity index is 979. The van der Waals surface area contributed by atoms with E-state index < -0.39 is 0 Å². The van der Waals surface area contributed by atoms with Crippen molar-refractivity contribution in [1.29, 1.82) is 0 Å². The Morgan fingerprint density at radius 1 is 0.917 bits per heavy atom. The zero-order valence-corrected chi connectivity index (χ0v) is 22.9. The smallest absolute Gasteiger partial charge is 0.242 e. The minimum absolute atomic E-state index is 0.0181. The molecule has 36 heavy (non-hydrogen) atoms. The fourth-order valence-electron chi connectivity index (χ4n) is 3.87. The average Bonchev–Trinajstić information content (AvgIpc) is 3.24. The summed E-state index contributed by atoms with van der Waals surface area (Å²) >= 11 is 0. The Kier molecular flexibility index (Phi) is 11.3. The molecule has 0 radical (unpaired) electrons. The molecule has 0 bridgehead atoms. The van der Waals surface area contributed by atoms with Crippen LogP contribution in [0.5, 0.6) is 11.5 Å². The maximum Gasteiger partial charge on any atom is 0.242 e. The van der Waals surface area contributed by atoms with Gasteiger partial charge in [0.15, 0.2) is 11.5 Å². The minimum atomic E-state index is -0.168. The Hall–Kier alpha value is -3.00. The van der Waals surface area contributed by atoms with E-state index in [-0.39, 0.29) is 23.8 Å². The van der Waals surface area contributed by atoms with Crippen LogP contribution in [0.4, 0.5) is 0 Å². The number of rotatable bonds is 14. The number of aryl methyl sites for hydroxylation is 1. The molecule has 8 nitrogen and oxygen atoms in total. The Morgan fingerprint density at radius 2 is 1.64 bits per heavy atom. The summed E-state index contributed by atoms with van der Waals surface area (Å²) in [6.45, 7) is 9.76. The van der Waals surface area contributed by atoms with Gasteiger partial charge in [-0.25, -0.2) is 0 Å². The molecule has 0 fully saturated rings. The van der Waals surface area contributed by atoms with E-state index in [0.29, 0.717) is 62.8 Å². The number of nitrogens with zero attached hydrogens (tertiary/aromatic N) is 2. The molecule has 0 aliphatic rings. The van der Waals surface area contributed by atoms with Crippen molar-refractivity contribution in [2.45, 2.75) is 53.5 Å². The summed E-state index contributed by atoms with van der Waals surface area (Å²) in [7, 11) is 4.83. The van der Waals surface area contributed by atoms with E-state index in [1.54, 1.807) is 31.1 Å². The number of carbonyl (C=O) groups is 2. The van der Waals surface area contributed by atoms with E-state index in [9.17, 15) is 9.59 Å². The van der Waals surface area contributed by atoms with Gasteiger partial charge in [-0.2, -0.15) is 0 Å².